The van der Waals surface area contributed by atoms with E-state index in [1.165, 1.54) is 35.6 Å². The zero-order valence-corrected chi connectivity index (χ0v) is 20.1. The fourth-order valence-electron chi connectivity index (χ4n) is 3.32. The summed E-state index contributed by atoms with van der Waals surface area (Å²) in [5, 5.41) is 4.64. The lowest BCUT2D eigenvalue weighted by Crippen LogP contribution is -2.28. The molecular formula is C23H22N4O5S2. The monoisotopic (exact) mass is 498 g/mol. The van der Waals surface area contributed by atoms with Crippen molar-refractivity contribution < 1.29 is 22.7 Å². The van der Waals surface area contributed by atoms with Gasteiger partial charge in [0.2, 0.25) is 11.8 Å². The third-order valence-electron chi connectivity index (χ3n) is 4.81. The molecule has 0 fully saturated rings. The number of benzene rings is 2. The van der Waals surface area contributed by atoms with Gasteiger partial charge in [-0.05, 0) is 55.5 Å². The minimum atomic E-state index is -3.92. The number of carbonyl (C=O) groups is 2. The lowest BCUT2D eigenvalue weighted by Gasteiger charge is -2.07. The van der Waals surface area contributed by atoms with Crippen molar-refractivity contribution in [1.29, 1.82) is 0 Å². The van der Waals surface area contributed by atoms with Crippen LogP contribution in [-0.2, 0) is 26.0 Å². The van der Waals surface area contributed by atoms with Crippen LogP contribution in [0.15, 0.2) is 65.0 Å². The van der Waals surface area contributed by atoms with Gasteiger partial charge in [0.1, 0.15) is 5.75 Å². The van der Waals surface area contributed by atoms with Crippen molar-refractivity contribution in [1.82, 2.24) is 14.1 Å². The number of hydrogen-bond acceptors (Lipinski definition) is 7. The maximum atomic E-state index is 12.6. The van der Waals surface area contributed by atoms with Crippen LogP contribution in [0, 0.1) is 0 Å². The molecule has 176 valence electrons. The second kappa shape index (κ2) is 9.65. The summed E-state index contributed by atoms with van der Waals surface area (Å²) >= 11 is 1.44. The van der Waals surface area contributed by atoms with Gasteiger partial charge in [0.15, 0.2) is 4.96 Å². The van der Waals surface area contributed by atoms with Crippen LogP contribution in [0.2, 0.25) is 0 Å². The molecule has 2 amide bonds. The number of carbonyl (C=O) groups excluding carboxylic acids is 2. The molecule has 0 unspecified atom stereocenters. The molecule has 2 aromatic carbocycles. The highest BCUT2D eigenvalue weighted by molar-refractivity contribution is 7.90. The van der Waals surface area contributed by atoms with Crippen LogP contribution in [0.5, 0.6) is 5.75 Å². The number of nitrogens with zero attached hydrogens (tertiary/aromatic N) is 2. The largest absolute Gasteiger partial charge is 0.494 e. The fourth-order valence-corrected chi connectivity index (χ4v) is 5.18. The summed E-state index contributed by atoms with van der Waals surface area (Å²) in [6.07, 6.45) is 2.01. The molecule has 2 N–H and O–H groups in total. The van der Waals surface area contributed by atoms with Crippen molar-refractivity contribution in [2.45, 2.75) is 25.2 Å². The zero-order valence-electron chi connectivity index (χ0n) is 18.4. The number of ether oxygens (including phenoxy) is 1. The van der Waals surface area contributed by atoms with Gasteiger partial charge in [-0.25, -0.2) is 18.1 Å². The average Bonchev–Trinajstić information content (AvgIpc) is 3.36. The normalized spacial score (nSPS) is 11.4. The first-order valence-electron chi connectivity index (χ1n) is 10.4. The Hall–Kier alpha value is -3.70. The van der Waals surface area contributed by atoms with Gasteiger partial charge >= 0.3 is 0 Å². The fraction of sp³-hybridized carbons (Fsp3) is 0.174. The molecule has 0 saturated carbocycles. The minimum absolute atomic E-state index is 0.0690. The molecular weight excluding hydrogens is 476 g/mol. The Morgan fingerprint density at radius 1 is 1.09 bits per heavy atom. The average molecular weight is 499 g/mol. The van der Waals surface area contributed by atoms with Gasteiger partial charge in [-0.1, -0.05) is 0 Å². The highest BCUT2D eigenvalue weighted by Gasteiger charge is 2.16. The first-order valence-corrected chi connectivity index (χ1v) is 12.7. The molecule has 0 atom stereocenters. The molecule has 4 aromatic rings. The van der Waals surface area contributed by atoms with Crippen molar-refractivity contribution in [2.75, 3.05) is 11.9 Å². The van der Waals surface area contributed by atoms with Crippen LogP contribution in [0.25, 0.3) is 16.2 Å². The van der Waals surface area contributed by atoms with E-state index in [0.29, 0.717) is 12.3 Å². The predicted octanol–water partition coefficient (Wildman–Crippen LogP) is 3.47. The Balaban J connectivity index is 1.44. The standard InChI is InChI=1S/C23H22N4O5S2/c1-3-32-19-8-4-16(5-9-19)21-13-27-18(14-33-23(27)25-21)12-22(29)24-17-6-10-20(11-7-17)34(30,31)26-15(2)28/h4-11,13-14H,3,12H2,1-2H3,(H,24,29)(H,26,28). The van der Waals surface area contributed by atoms with E-state index in [1.807, 2.05) is 51.9 Å². The van der Waals surface area contributed by atoms with Crippen molar-refractivity contribution >= 4 is 43.8 Å². The summed E-state index contributed by atoms with van der Waals surface area (Å²) < 4.78 is 33.3. The molecule has 2 aromatic heterocycles. The summed E-state index contributed by atoms with van der Waals surface area (Å²) in [5.74, 6) is -0.136. The van der Waals surface area contributed by atoms with Crippen molar-refractivity contribution in [3.8, 4) is 17.0 Å². The Bertz CT molecular complexity index is 1440. The van der Waals surface area contributed by atoms with E-state index < -0.39 is 15.9 Å². The molecule has 9 nitrogen and oxygen atoms in total. The molecule has 0 aliphatic rings. The molecule has 34 heavy (non-hydrogen) atoms. The van der Waals surface area contributed by atoms with Gasteiger partial charge in [0, 0.05) is 35.4 Å². The highest BCUT2D eigenvalue weighted by atomic mass is 32.2. The van der Waals surface area contributed by atoms with Crippen LogP contribution >= 0.6 is 11.3 Å². The third kappa shape index (κ3) is 5.26. The van der Waals surface area contributed by atoms with Gasteiger partial charge < -0.3 is 10.1 Å². The summed E-state index contributed by atoms with van der Waals surface area (Å²) in [7, 11) is -3.92. The Kier molecular flexibility index (Phi) is 6.66. The number of rotatable bonds is 8. The zero-order chi connectivity index (χ0) is 24.3. The number of nitrogens with one attached hydrogen (secondary N) is 2. The molecule has 0 aliphatic carbocycles. The summed E-state index contributed by atoms with van der Waals surface area (Å²) in [4.78, 5) is 29.0. The van der Waals surface area contributed by atoms with Crippen LogP contribution < -0.4 is 14.8 Å². The van der Waals surface area contributed by atoms with Crippen molar-refractivity contribution in [2.24, 2.45) is 0 Å². The van der Waals surface area contributed by atoms with Crippen LogP contribution in [0.4, 0.5) is 5.69 Å². The molecule has 0 saturated heterocycles. The van der Waals surface area contributed by atoms with E-state index in [0.717, 1.165) is 34.6 Å². The van der Waals surface area contributed by atoms with E-state index in [1.54, 1.807) is 0 Å². The van der Waals surface area contributed by atoms with Gasteiger partial charge in [-0.3, -0.25) is 14.0 Å². The van der Waals surface area contributed by atoms with E-state index in [9.17, 15) is 18.0 Å². The molecule has 0 spiro atoms. The molecule has 2 heterocycles. The Labute approximate surface area is 200 Å². The number of aromatic nitrogens is 2. The van der Waals surface area contributed by atoms with Crippen molar-refractivity contribution in [3.05, 3.63) is 65.8 Å². The Morgan fingerprint density at radius 2 is 1.79 bits per heavy atom. The molecule has 4 rings (SSSR count). The number of hydrogen-bond donors (Lipinski definition) is 2. The molecule has 11 heteroatoms. The van der Waals surface area contributed by atoms with E-state index in [-0.39, 0.29) is 17.2 Å². The molecule has 0 aliphatic heterocycles. The number of thiazole rings is 1. The second-order valence-corrected chi connectivity index (χ2v) is 9.89. The van der Waals surface area contributed by atoms with Crippen molar-refractivity contribution in [3.63, 3.8) is 0 Å². The topological polar surface area (TPSA) is 119 Å². The first-order chi connectivity index (χ1) is 16.2. The number of sulfonamides is 1. The SMILES string of the molecule is CCOc1ccc(-c2cn3c(CC(=O)Nc4ccc(S(=O)(=O)NC(C)=O)cc4)csc3n2)cc1. The number of anilines is 1. The van der Waals surface area contributed by atoms with Crippen LogP contribution in [0.3, 0.4) is 0 Å². The van der Waals surface area contributed by atoms with E-state index in [2.05, 4.69) is 10.3 Å². The number of fused-ring (bicyclic) bond motifs is 1. The summed E-state index contributed by atoms with van der Waals surface area (Å²) in [5.41, 5.74) is 2.97. The Morgan fingerprint density at radius 3 is 2.44 bits per heavy atom. The smallest absolute Gasteiger partial charge is 0.264 e. The predicted molar refractivity (Wildman–Crippen MR) is 129 cm³/mol. The maximum Gasteiger partial charge on any atom is 0.264 e. The summed E-state index contributed by atoms with van der Waals surface area (Å²) in [6.45, 7) is 3.66. The quantitative estimate of drug-likeness (QED) is 0.384. The van der Waals surface area contributed by atoms with E-state index >= 15 is 0 Å². The second-order valence-electron chi connectivity index (χ2n) is 7.37. The van der Waals surface area contributed by atoms with Gasteiger partial charge in [-0.15, -0.1) is 11.3 Å². The maximum absolute atomic E-state index is 12.6. The van der Waals surface area contributed by atoms with E-state index in [4.69, 9.17) is 4.74 Å². The lowest BCUT2D eigenvalue weighted by molar-refractivity contribution is -0.117. The summed E-state index contributed by atoms with van der Waals surface area (Å²) in [6, 6.07) is 13.3. The highest BCUT2D eigenvalue weighted by Crippen LogP contribution is 2.26. The van der Waals surface area contributed by atoms with Crippen LogP contribution in [0.1, 0.15) is 19.5 Å². The van der Waals surface area contributed by atoms with Gasteiger partial charge in [0.05, 0.1) is 23.6 Å². The third-order valence-corrected chi connectivity index (χ3v) is 7.15. The number of amides is 2. The van der Waals surface area contributed by atoms with Crippen LogP contribution in [-0.4, -0.2) is 36.2 Å². The van der Waals surface area contributed by atoms with Gasteiger partial charge in [-0.2, -0.15) is 0 Å². The number of imidazole rings is 1. The minimum Gasteiger partial charge on any atom is -0.494 e. The first kappa shape index (κ1) is 23.5. The molecule has 0 radical (unpaired) electrons. The lowest BCUT2D eigenvalue weighted by atomic mass is 10.1. The molecule has 0 bridgehead atoms. The van der Waals surface area contributed by atoms with Gasteiger partial charge in [0.25, 0.3) is 10.0 Å².